The molecule has 0 spiro atoms. The lowest BCUT2D eigenvalue weighted by atomic mass is 9.56. The van der Waals surface area contributed by atoms with Gasteiger partial charge in [-0.2, -0.15) is 0 Å². The summed E-state index contributed by atoms with van der Waals surface area (Å²) in [5, 5.41) is 21.2. The molecule has 0 aliphatic heterocycles. The highest BCUT2D eigenvalue weighted by Gasteiger charge is 2.28. The average molecular weight is 571 g/mol. The van der Waals surface area contributed by atoms with Crippen LogP contribution in [-0.4, -0.2) is 135 Å². The molecule has 30 radical (unpaired) electrons. The van der Waals surface area contributed by atoms with E-state index in [4.69, 9.17) is 118 Å². The predicted molar refractivity (Wildman–Crippen MR) is 220 cm³/mol. The minimum Gasteiger partial charge on any atom is -0.423 e. The number of fused-ring (bicyclic) bond motifs is 3. The second-order valence-electron chi connectivity index (χ2n) is 11.6. The van der Waals surface area contributed by atoms with Crippen LogP contribution in [0.2, 0.25) is 0 Å². The second-order valence-corrected chi connectivity index (χ2v) is 11.6. The Balaban J connectivity index is 2.10. The summed E-state index contributed by atoms with van der Waals surface area (Å²) in [5.41, 5.74) is 0.496. The average Bonchev–Trinajstić information content (AvgIpc) is 3.07. The molecular weight excluding hydrogens is 565 g/mol. The van der Waals surface area contributed by atoms with Gasteiger partial charge in [0.1, 0.15) is 118 Å². The summed E-state index contributed by atoms with van der Waals surface area (Å²) in [7, 11) is 96.6. The standard InChI is InChI=1S/C30H6B16O2/c31-16-9-7(5-2-1-3-6(4-5)46(47)48)10-12(20(35)28(43)26(41)17(10)32)8(11(9)19(34)27(42)25(16)40)13-14-15(22(37)24(39)18(13)33)23(38)30(45)29(44)21(14)36/h1-4,47-48H. The summed E-state index contributed by atoms with van der Waals surface area (Å²) < 4.78 is 0. The first-order chi connectivity index (χ1) is 22.4. The molecule has 0 aliphatic carbocycles. The monoisotopic (exact) mass is 574 g/mol. The summed E-state index contributed by atoms with van der Waals surface area (Å²) in [4.78, 5) is 0. The normalized spacial score (nSPS) is 11.5. The highest BCUT2D eigenvalue weighted by atomic mass is 16.4. The molecule has 6 aromatic carbocycles. The molecule has 6 aromatic rings. The first kappa shape index (κ1) is 34.9. The predicted octanol–water partition coefficient (Wildman–Crippen LogP) is -11.9. The Bertz CT molecular complexity index is 2350. The zero-order valence-corrected chi connectivity index (χ0v) is 25.4. The Hall–Kier alpha value is -2.94. The van der Waals surface area contributed by atoms with Crippen molar-refractivity contribution in [3.63, 3.8) is 0 Å². The maximum atomic E-state index is 10.1. The van der Waals surface area contributed by atoms with E-state index in [1.54, 1.807) is 12.1 Å². The molecule has 2 N–H and O–H groups in total. The molecule has 0 aromatic heterocycles. The van der Waals surface area contributed by atoms with E-state index >= 15 is 0 Å². The molecule has 0 heterocycles. The molecule has 0 fully saturated rings. The van der Waals surface area contributed by atoms with E-state index in [9.17, 15) is 10.0 Å². The van der Waals surface area contributed by atoms with Crippen LogP contribution in [0.5, 0.6) is 0 Å². The largest absolute Gasteiger partial charge is 0.488 e. The molecule has 0 saturated heterocycles. The van der Waals surface area contributed by atoms with Gasteiger partial charge in [-0.25, -0.2) is 0 Å². The lowest BCUT2D eigenvalue weighted by Crippen LogP contribution is -2.53. The third-order valence-corrected chi connectivity index (χ3v) is 9.07. The number of rotatable bonds is 3. The fourth-order valence-corrected chi connectivity index (χ4v) is 6.52. The van der Waals surface area contributed by atoms with Crippen LogP contribution in [0.15, 0.2) is 24.3 Å². The lowest BCUT2D eigenvalue weighted by molar-refractivity contribution is 0.426. The zero-order valence-electron chi connectivity index (χ0n) is 25.4. The van der Waals surface area contributed by atoms with E-state index in [0.29, 0.717) is 11.1 Å². The van der Waals surface area contributed by atoms with Crippen LogP contribution in [-0.2, 0) is 0 Å². The molecule has 0 amide bonds. The topological polar surface area (TPSA) is 40.5 Å². The first-order valence-electron chi connectivity index (χ1n) is 14.2. The van der Waals surface area contributed by atoms with Crippen molar-refractivity contribution in [2.75, 3.05) is 0 Å². The van der Waals surface area contributed by atoms with Gasteiger partial charge < -0.3 is 10.0 Å². The fraction of sp³-hybridized carbons (Fsp3) is 0. The van der Waals surface area contributed by atoms with Crippen LogP contribution in [0.25, 0.3) is 54.6 Å². The molecule has 6 rings (SSSR count). The van der Waals surface area contributed by atoms with Crippen molar-refractivity contribution in [2.45, 2.75) is 0 Å². The van der Waals surface area contributed by atoms with Crippen LogP contribution in [0.1, 0.15) is 0 Å². The maximum absolute atomic E-state index is 10.1. The molecule has 0 aliphatic rings. The van der Waals surface area contributed by atoms with Gasteiger partial charge in [0.25, 0.3) is 0 Å². The van der Waals surface area contributed by atoms with Crippen molar-refractivity contribution in [3.05, 3.63) is 24.3 Å². The van der Waals surface area contributed by atoms with Crippen LogP contribution >= 0.6 is 0 Å². The summed E-state index contributed by atoms with van der Waals surface area (Å²) in [5.74, 6) is 0. The zero-order chi connectivity index (χ0) is 35.4. The van der Waals surface area contributed by atoms with Crippen molar-refractivity contribution in [3.8, 4) is 22.3 Å². The molecule has 0 atom stereocenters. The summed E-state index contributed by atoms with van der Waals surface area (Å²) >= 11 is 0. The summed E-state index contributed by atoms with van der Waals surface area (Å²) in [6, 6.07) is 6.29. The number of hydrogen-bond acceptors (Lipinski definition) is 2. The van der Waals surface area contributed by atoms with Crippen LogP contribution in [0.3, 0.4) is 0 Å². The Kier molecular flexibility index (Phi) is 8.82. The van der Waals surface area contributed by atoms with Crippen LogP contribution < -0.4 is 87.4 Å². The molecule has 0 unspecified atom stereocenters. The van der Waals surface area contributed by atoms with Crippen molar-refractivity contribution in [1.82, 2.24) is 0 Å². The minimum atomic E-state index is -1.83. The molecule has 0 saturated carbocycles. The van der Waals surface area contributed by atoms with Gasteiger partial charge in [0.2, 0.25) is 0 Å². The lowest BCUT2D eigenvalue weighted by Gasteiger charge is -2.31. The number of hydrogen-bond donors (Lipinski definition) is 2. The van der Waals surface area contributed by atoms with E-state index in [1.165, 1.54) is 12.1 Å². The Morgan fingerprint density at radius 2 is 0.646 bits per heavy atom. The van der Waals surface area contributed by atoms with Gasteiger partial charge in [-0.15, -0.1) is 38.2 Å². The van der Waals surface area contributed by atoms with Gasteiger partial charge in [0, 0.05) is 0 Å². The summed E-state index contributed by atoms with van der Waals surface area (Å²) in [6.45, 7) is 0. The third kappa shape index (κ3) is 4.72. The molecule has 48 heavy (non-hydrogen) atoms. The van der Waals surface area contributed by atoms with Crippen molar-refractivity contribution >= 4 is 245 Å². The van der Waals surface area contributed by atoms with Crippen LogP contribution in [0, 0.1) is 0 Å². The van der Waals surface area contributed by atoms with Gasteiger partial charge >= 0.3 is 7.12 Å². The smallest absolute Gasteiger partial charge is 0.423 e. The van der Waals surface area contributed by atoms with Crippen molar-refractivity contribution in [1.29, 1.82) is 0 Å². The van der Waals surface area contributed by atoms with E-state index in [1.807, 2.05) is 0 Å². The van der Waals surface area contributed by atoms with Crippen molar-refractivity contribution in [2.24, 2.45) is 0 Å². The van der Waals surface area contributed by atoms with E-state index in [-0.39, 0.29) is 131 Å². The Morgan fingerprint density at radius 1 is 0.333 bits per heavy atom. The first-order valence-corrected chi connectivity index (χ1v) is 14.2. The highest BCUT2D eigenvalue weighted by Crippen LogP contribution is 2.41. The maximum Gasteiger partial charge on any atom is 0.488 e. The van der Waals surface area contributed by atoms with Gasteiger partial charge in [0.05, 0.1) is 0 Å². The van der Waals surface area contributed by atoms with Gasteiger partial charge in [0.15, 0.2) is 0 Å². The second kappa shape index (κ2) is 12.1. The number of benzene rings is 6. The van der Waals surface area contributed by atoms with Crippen molar-refractivity contribution < 1.29 is 10.0 Å². The SMILES string of the molecule is [B]c1c([B])c([B])c2c(-c3c4c([B])c([B])c([B])c([B])c4c(-c4cccc(B(O)O)c4)c4c([B])c([B])c([B])c([B])c34)c([B])c([B])c([B])c2c1[B]. The van der Waals surface area contributed by atoms with E-state index < -0.39 is 7.12 Å². The molecule has 2 nitrogen and oxygen atoms in total. The van der Waals surface area contributed by atoms with E-state index in [2.05, 4.69) is 0 Å². The Labute approximate surface area is 299 Å². The van der Waals surface area contributed by atoms with E-state index in [0.717, 1.165) is 0 Å². The third-order valence-electron chi connectivity index (χ3n) is 9.07. The molecule has 18 heteroatoms. The molecule has 0 bridgehead atoms. The quantitative estimate of drug-likeness (QED) is 0.164. The highest BCUT2D eigenvalue weighted by molar-refractivity contribution is 6.75. The van der Waals surface area contributed by atoms with Gasteiger partial charge in [-0.05, 0) is 60.0 Å². The van der Waals surface area contributed by atoms with Gasteiger partial charge in [-0.1, -0.05) is 68.0 Å². The Morgan fingerprint density at radius 3 is 1.02 bits per heavy atom. The summed E-state index contributed by atoms with van der Waals surface area (Å²) in [6.07, 6.45) is 0. The molecular formula is C30H6B16O2. The van der Waals surface area contributed by atoms with Gasteiger partial charge in [-0.3, -0.25) is 0 Å². The minimum absolute atomic E-state index is 0.0132. The fourth-order valence-electron chi connectivity index (χ4n) is 6.52. The molecule has 186 valence electrons. The van der Waals surface area contributed by atoms with Crippen LogP contribution in [0.4, 0.5) is 0 Å².